The molecule has 1 aliphatic rings. The minimum absolute atomic E-state index is 0.0200. The van der Waals surface area contributed by atoms with Crippen molar-refractivity contribution in [2.75, 3.05) is 32.8 Å². The first kappa shape index (κ1) is 15.8. The van der Waals surface area contributed by atoms with Gasteiger partial charge in [0.2, 0.25) is 0 Å². The third kappa shape index (κ3) is 5.02. The molecule has 5 nitrogen and oxygen atoms in total. The summed E-state index contributed by atoms with van der Waals surface area (Å²) in [5.74, 6) is 0.130. The summed E-state index contributed by atoms with van der Waals surface area (Å²) in [7, 11) is 0. The Kier molecular flexibility index (Phi) is 6.02. The summed E-state index contributed by atoms with van der Waals surface area (Å²) in [6.07, 6.45) is 1.24. The zero-order chi connectivity index (χ0) is 15.1. The van der Waals surface area contributed by atoms with Crippen LogP contribution in [-0.4, -0.2) is 48.8 Å². The van der Waals surface area contributed by atoms with Crippen LogP contribution >= 0.6 is 0 Å². The quantitative estimate of drug-likeness (QED) is 0.814. The third-order valence-corrected chi connectivity index (χ3v) is 3.55. The summed E-state index contributed by atoms with van der Waals surface area (Å²) in [4.78, 5) is 13.6. The summed E-state index contributed by atoms with van der Waals surface area (Å²) in [6, 6.07) is 7.19. The van der Waals surface area contributed by atoms with Gasteiger partial charge in [-0.1, -0.05) is 12.1 Å². The molecule has 1 N–H and O–H groups in total. The first-order valence-corrected chi connectivity index (χ1v) is 7.47. The van der Waals surface area contributed by atoms with Crippen LogP contribution in [0.4, 0.5) is 0 Å². The molecule has 1 heterocycles. The number of carbonyl (C=O) groups is 1. The molecule has 0 radical (unpaired) electrons. The van der Waals surface area contributed by atoms with Crippen LogP contribution in [-0.2, 0) is 14.3 Å². The van der Waals surface area contributed by atoms with E-state index in [1.807, 2.05) is 19.1 Å². The fraction of sp³-hybridized carbons (Fsp3) is 0.562. The van der Waals surface area contributed by atoms with E-state index < -0.39 is 0 Å². The van der Waals surface area contributed by atoms with Gasteiger partial charge in [0.25, 0.3) is 0 Å². The van der Waals surface area contributed by atoms with E-state index in [4.69, 9.17) is 9.47 Å². The van der Waals surface area contributed by atoms with Crippen LogP contribution in [0.5, 0.6) is 5.75 Å². The lowest BCUT2D eigenvalue weighted by Crippen LogP contribution is -2.39. The minimum atomic E-state index is -0.129. The van der Waals surface area contributed by atoms with E-state index in [1.54, 1.807) is 12.1 Å². The smallest absolute Gasteiger partial charge is 0.305 e. The van der Waals surface area contributed by atoms with Crippen molar-refractivity contribution in [1.29, 1.82) is 0 Å². The molecule has 0 aromatic heterocycles. The molecular formula is C16H23NO4. The Morgan fingerprint density at radius 2 is 2.38 bits per heavy atom. The van der Waals surface area contributed by atoms with Crippen LogP contribution < -0.4 is 0 Å². The van der Waals surface area contributed by atoms with Crippen molar-refractivity contribution in [3.05, 3.63) is 29.8 Å². The summed E-state index contributed by atoms with van der Waals surface area (Å²) in [5, 5.41) is 9.54. The number of aromatic hydroxyl groups is 1. The predicted octanol–water partition coefficient (Wildman–Crippen LogP) is 2.11. The molecule has 21 heavy (non-hydrogen) atoms. The molecule has 0 amide bonds. The van der Waals surface area contributed by atoms with Crippen molar-refractivity contribution < 1.29 is 19.4 Å². The monoisotopic (exact) mass is 293 g/mol. The molecule has 5 heteroatoms. The van der Waals surface area contributed by atoms with E-state index >= 15 is 0 Å². The Hall–Kier alpha value is -1.59. The van der Waals surface area contributed by atoms with Gasteiger partial charge >= 0.3 is 5.97 Å². The van der Waals surface area contributed by atoms with Crippen molar-refractivity contribution in [3.8, 4) is 5.75 Å². The molecular weight excluding hydrogens is 270 g/mol. The van der Waals surface area contributed by atoms with Gasteiger partial charge in [-0.2, -0.15) is 0 Å². The summed E-state index contributed by atoms with van der Waals surface area (Å²) in [6.45, 7) is 5.44. The van der Waals surface area contributed by atoms with Crippen LogP contribution in [0.1, 0.15) is 31.4 Å². The summed E-state index contributed by atoms with van der Waals surface area (Å²) < 4.78 is 10.7. The predicted molar refractivity (Wildman–Crippen MR) is 79.1 cm³/mol. The second-order valence-corrected chi connectivity index (χ2v) is 5.16. The molecule has 0 saturated carbocycles. The van der Waals surface area contributed by atoms with E-state index in [9.17, 15) is 9.90 Å². The van der Waals surface area contributed by atoms with Gasteiger partial charge in [0.05, 0.1) is 19.3 Å². The molecule has 1 fully saturated rings. The highest BCUT2D eigenvalue weighted by Gasteiger charge is 2.22. The van der Waals surface area contributed by atoms with Crippen LogP contribution in [0.15, 0.2) is 24.3 Å². The molecule has 1 aromatic rings. The lowest BCUT2D eigenvalue weighted by Gasteiger charge is -2.33. The number of rotatable bonds is 6. The molecule has 0 spiro atoms. The van der Waals surface area contributed by atoms with Gasteiger partial charge in [-0.25, -0.2) is 0 Å². The number of phenolic OH excluding ortho intramolecular Hbond substituents is 1. The number of esters is 1. The number of nitrogens with zero attached hydrogens (tertiary/aromatic N) is 1. The van der Waals surface area contributed by atoms with Gasteiger partial charge in [-0.3, -0.25) is 9.69 Å². The molecule has 1 unspecified atom stereocenters. The number of ether oxygens (including phenoxy) is 2. The third-order valence-electron chi connectivity index (χ3n) is 3.55. The molecule has 116 valence electrons. The number of morpholine rings is 1. The average molecular weight is 293 g/mol. The average Bonchev–Trinajstić information content (AvgIpc) is 2.48. The van der Waals surface area contributed by atoms with Crippen molar-refractivity contribution in [1.82, 2.24) is 4.90 Å². The number of benzene rings is 1. The van der Waals surface area contributed by atoms with Crippen LogP contribution in [0.3, 0.4) is 0 Å². The Labute approximate surface area is 125 Å². The van der Waals surface area contributed by atoms with Crippen molar-refractivity contribution in [3.63, 3.8) is 0 Å². The highest BCUT2D eigenvalue weighted by Crippen LogP contribution is 2.25. The van der Waals surface area contributed by atoms with E-state index in [0.29, 0.717) is 19.6 Å². The Bertz CT molecular complexity index is 463. The Morgan fingerprint density at radius 1 is 1.52 bits per heavy atom. The standard InChI is InChI=1S/C16H23NO4/c1-2-20-16(19)7-4-8-17-9-10-21-15(12-17)13-5-3-6-14(18)11-13/h3,5-6,11,15,18H,2,4,7-10,12H2,1H3. The maximum Gasteiger partial charge on any atom is 0.305 e. The first-order chi connectivity index (χ1) is 10.2. The number of hydrogen-bond donors (Lipinski definition) is 1. The number of carbonyl (C=O) groups excluding carboxylic acids is 1. The Balaban J connectivity index is 1.79. The molecule has 1 atom stereocenters. The van der Waals surface area contributed by atoms with Crippen molar-refractivity contribution in [2.24, 2.45) is 0 Å². The lowest BCUT2D eigenvalue weighted by molar-refractivity contribution is -0.143. The largest absolute Gasteiger partial charge is 0.508 e. The second-order valence-electron chi connectivity index (χ2n) is 5.16. The molecule has 1 saturated heterocycles. The molecule has 1 aromatic carbocycles. The normalized spacial score (nSPS) is 19.4. The zero-order valence-electron chi connectivity index (χ0n) is 12.5. The molecule has 2 rings (SSSR count). The van der Waals surface area contributed by atoms with Gasteiger partial charge < -0.3 is 14.6 Å². The van der Waals surface area contributed by atoms with E-state index in [-0.39, 0.29) is 17.8 Å². The second kappa shape index (κ2) is 8.00. The van der Waals surface area contributed by atoms with E-state index in [2.05, 4.69) is 4.90 Å². The highest BCUT2D eigenvalue weighted by molar-refractivity contribution is 5.69. The molecule has 1 aliphatic heterocycles. The van der Waals surface area contributed by atoms with Gasteiger partial charge in [-0.15, -0.1) is 0 Å². The van der Waals surface area contributed by atoms with Crippen LogP contribution in [0.2, 0.25) is 0 Å². The Morgan fingerprint density at radius 3 is 3.14 bits per heavy atom. The van der Waals surface area contributed by atoms with Gasteiger partial charge in [0.1, 0.15) is 5.75 Å². The lowest BCUT2D eigenvalue weighted by atomic mass is 10.1. The van der Waals surface area contributed by atoms with Gasteiger partial charge in [-0.05, 0) is 37.6 Å². The van der Waals surface area contributed by atoms with Crippen molar-refractivity contribution >= 4 is 5.97 Å². The highest BCUT2D eigenvalue weighted by atomic mass is 16.5. The maximum absolute atomic E-state index is 11.3. The van der Waals surface area contributed by atoms with Gasteiger partial charge in [0.15, 0.2) is 0 Å². The molecule has 0 bridgehead atoms. The summed E-state index contributed by atoms with van der Waals surface area (Å²) in [5.41, 5.74) is 0.991. The number of phenols is 1. The minimum Gasteiger partial charge on any atom is -0.508 e. The van der Waals surface area contributed by atoms with Crippen LogP contribution in [0, 0.1) is 0 Å². The van der Waals surface area contributed by atoms with E-state index in [1.165, 1.54) is 0 Å². The van der Waals surface area contributed by atoms with Crippen molar-refractivity contribution in [2.45, 2.75) is 25.9 Å². The SMILES string of the molecule is CCOC(=O)CCCN1CCOC(c2cccc(O)c2)C1. The zero-order valence-corrected chi connectivity index (χ0v) is 12.5. The van der Waals surface area contributed by atoms with E-state index in [0.717, 1.165) is 31.6 Å². The van der Waals surface area contributed by atoms with Crippen LogP contribution in [0.25, 0.3) is 0 Å². The number of hydrogen-bond acceptors (Lipinski definition) is 5. The fourth-order valence-corrected chi connectivity index (χ4v) is 2.51. The topological polar surface area (TPSA) is 59.0 Å². The van der Waals surface area contributed by atoms with Gasteiger partial charge in [0, 0.05) is 19.5 Å². The maximum atomic E-state index is 11.3. The summed E-state index contributed by atoms with van der Waals surface area (Å²) >= 11 is 0. The fourth-order valence-electron chi connectivity index (χ4n) is 2.51. The molecule has 0 aliphatic carbocycles. The first-order valence-electron chi connectivity index (χ1n) is 7.47.